The Morgan fingerprint density at radius 3 is 2.75 bits per heavy atom. The molecule has 0 unspecified atom stereocenters. The molecule has 1 fully saturated rings. The fourth-order valence-corrected chi connectivity index (χ4v) is 2.81. The van der Waals surface area contributed by atoms with Gasteiger partial charge in [-0.25, -0.2) is 4.39 Å². The average molecular weight is 334 g/mol. The lowest BCUT2D eigenvalue weighted by molar-refractivity contribution is -0.119. The van der Waals surface area contributed by atoms with E-state index in [-0.39, 0.29) is 24.1 Å². The van der Waals surface area contributed by atoms with Crippen LogP contribution in [0.3, 0.4) is 0 Å². The molecule has 3 N–H and O–H groups in total. The number of benzene rings is 1. The normalized spacial score (nSPS) is 23.2. The second-order valence-corrected chi connectivity index (χ2v) is 5.84. The van der Waals surface area contributed by atoms with Crippen molar-refractivity contribution in [2.24, 2.45) is 10.8 Å². The number of nitrogens with one attached hydrogen (secondary N) is 1. The van der Waals surface area contributed by atoms with Crippen molar-refractivity contribution in [1.82, 2.24) is 5.32 Å². The van der Waals surface area contributed by atoms with Crippen LogP contribution in [0.15, 0.2) is 29.4 Å². The number of nitrogens with two attached hydrogens (primary N) is 1. The quantitative estimate of drug-likeness (QED) is 0.821. The minimum Gasteiger partial charge on any atom is -0.376 e. The van der Waals surface area contributed by atoms with Crippen LogP contribution in [0.4, 0.5) is 10.1 Å². The number of carbonyl (C=O) groups excluding carboxylic acids is 2. The summed E-state index contributed by atoms with van der Waals surface area (Å²) in [6.45, 7) is 1.12. The topological polar surface area (TPSA) is 97.0 Å². The average Bonchev–Trinajstić information content (AvgIpc) is 3.23. The molecular weight excluding hydrogens is 315 g/mol. The molecule has 8 heteroatoms. The number of amides is 2. The van der Waals surface area contributed by atoms with Crippen LogP contribution in [0.5, 0.6) is 0 Å². The second kappa shape index (κ2) is 6.96. The Kier molecular flexibility index (Phi) is 4.75. The third-order valence-electron chi connectivity index (χ3n) is 4.11. The highest BCUT2D eigenvalue weighted by Gasteiger charge is 2.35. The first-order chi connectivity index (χ1) is 11.5. The lowest BCUT2D eigenvalue weighted by atomic mass is 10.1. The molecule has 1 aromatic carbocycles. The fourth-order valence-electron chi connectivity index (χ4n) is 2.81. The Morgan fingerprint density at radius 2 is 2.12 bits per heavy atom. The standard InChI is InChI=1S/C16H19FN4O3/c17-10-3-5-11(6-4-10)21-14(15(18)22)8-13(20-21)16(23)19-9-12-2-1-7-24-12/h3-6,12,14H,1-2,7-9H2,(H2,18,22)(H,19,23)/t12-,14+/m0/s1. The van der Waals surface area contributed by atoms with Gasteiger partial charge in [0, 0.05) is 19.6 Å². The molecular formula is C16H19FN4O3. The van der Waals surface area contributed by atoms with Crippen molar-refractivity contribution >= 4 is 23.2 Å². The summed E-state index contributed by atoms with van der Waals surface area (Å²) in [5, 5.41) is 8.35. The van der Waals surface area contributed by atoms with Crippen LogP contribution in [0.1, 0.15) is 19.3 Å². The number of ether oxygens (including phenoxy) is 1. The fraction of sp³-hybridized carbons (Fsp3) is 0.438. The first-order valence-electron chi connectivity index (χ1n) is 7.86. The Hall–Kier alpha value is -2.48. The molecule has 3 rings (SSSR count). The van der Waals surface area contributed by atoms with Crippen LogP contribution in [0, 0.1) is 5.82 Å². The van der Waals surface area contributed by atoms with Gasteiger partial charge in [-0.15, -0.1) is 0 Å². The van der Waals surface area contributed by atoms with Crippen LogP contribution in [-0.4, -0.2) is 42.8 Å². The number of rotatable bonds is 5. The molecule has 1 saturated heterocycles. The van der Waals surface area contributed by atoms with E-state index in [1.807, 2.05) is 0 Å². The van der Waals surface area contributed by atoms with Gasteiger partial charge in [-0.1, -0.05) is 0 Å². The maximum atomic E-state index is 13.1. The molecule has 0 aromatic heterocycles. The summed E-state index contributed by atoms with van der Waals surface area (Å²) in [6.07, 6.45) is 2.04. The molecule has 7 nitrogen and oxygen atoms in total. The zero-order valence-corrected chi connectivity index (χ0v) is 13.1. The number of hydrogen-bond acceptors (Lipinski definition) is 5. The van der Waals surface area contributed by atoms with E-state index >= 15 is 0 Å². The Balaban J connectivity index is 1.70. The molecule has 2 heterocycles. The summed E-state index contributed by atoms with van der Waals surface area (Å²) in [5.41, 5.74) is 6.14. The van der Waals surface area contributed by atoms with Crippen LogP contribution in [0.25, 0.3) is 0 Å². The van der Waals surface area contributed by atoms with Crippen molar-refractivity contribution in [3.63, 3.8) is 0 Å². The Morgan fingerprint density at radius 1 is 1.38 bits per heavy atom. The molecule has 1 aromatic rings. The minimum absolute atomic E-state index is 0.0242. The molecule has 0 aliphatic carbocycles. The molecule has 2 aliphatic rings. The van der Waals surface area contributed by atoms with Gasteiger partial charge in [0.05, 0.1) is 11.8 Å². The highest BCUT2D eigenvalue weighted by Crippen LogP contribution is 2.25. The predicted octanol–water partition coefficient (Wildman–Crippen LogP) is 0.541. The van der Waals surface area contributed by atoms with Gasteiger partial charge >= 0.3 is 0 Å². The highest BCUT2D eigenvalue weighted by molar-refractivity contribution is 6.40. The van der Waals surface area contributed by atoms with E-state index in [1.165, 1.54) is 29.3 Å². The van der Waals surface area contributed by atoms with Crippen LogP contribution < -0.4 is 16.1 Å². The van der Waals surface area contributed by atoms with E-state index < -0.39 is 17.8 Å². The summed E-state index contributed by atoms with van der Waals surface area (Å²) < 4.78 is 18.5. The summed E-state index contributed by atoms with van der Waals surface area (Å²) >= 11 is 0. The molecule has 0 radical (unpaired) electrons. The summed E-state index contributed by atoms with van der Waals surface area (Å²) in [5.74, 6) is -1.33. The molecule has 2 aliphatic heterocycles. The lowest BCUT2D eigenvalue weighted by Crippen LogP contribution is -2.40. The molecule has 24 heavy (non-hydrogen) atoms. The third kappa shape index (κ3) is 3.53. The van der Waals surface area contributed by atoms with Gasteiger partial charge in [-0.3, -0.25) is 14.6 Å². The van der Waals surface area contributed by atoms with Crippen molar-refractivity contribution in [3.8, 4) is 0 Å². The predicted molar refractivity (Wildman–Crippen MR) is 85.9 cm³/mol. The maximum absolute atomic E-state index is 13.1. The van der Waals surface area contributed by atoms with Gasteiger partial charge in [-0.05, 0) is 37.1 Å². The molecule has 0 bridgehead atoms. The van der Waals surface area contributed by atoms with Crippen molar-refractivity contribution in [3.05, 3.63) is 30.1 Å². The molecule has 128 valence electrons. The molecule has 0 saturated carbocycles. The van der Waals surface area contributed by atoms with E-state index in [1.54, 1.807) is 0 Å². The summed E-state index contributed by atoms with van der Waals surface area (Å²) in [7, 11) is 0. The van der Waals surface area contributed by atoms with Crippen molar-refractivity contribution < 1.29 is 18.7 Å². The van der Waals surface area contributed by atoms with Gasteiger partial charge in [0.2, 0.25) is 5.91 Å². The number of nitrogens with zero attached hydrogens (tertiary/aromatic N) is 2. The number of carbonyl (C=O) groups is 2. The zero-order chi connectivity index (χ0) is 17.1. The van der Waals surface area contributed by atoms with Crippen LogP contribution in [-0.2, 0) is 14.3 Å². The summed E-state index contributed by atoms with van der Waals surface area (Å²) in [4.78, 5) is 23.9. The lowest BCUT2D eigenvalue weighted by Gasteiger charge is -2.20. The van der Waals surface area contributed by atoms with E-state index in [2.05, 4.69) is 10.4 Å². The number of hydrazone groups is 1. The number of hydrogen-bond donors (Lipinski definition) is 2. The molecule has 2 amide bonds. The van der Waals surface area contributed by atoms with Gasteiger partial charge in [0.25, 0.3) is 5.91 Å². The van der Waals surface area contributed by atoms with Crippen molar-refractivity contribution in [2.45, 2.75) is 31.4 Å². The van der Waals surface area contributed by atoms with Crippen molar-refractivity contribution in [1.29, 1.82) is 0 Å². The van der Waals surface area contributed by atoms with E-state index in [0.717, 1.165) is 12.8 Å². The van der Waals surface area contributed by atoms with Gasteiger partial charge in [-0.2, -0.15) is 5.10 Å². The zero-order valence-electron chi connectivity index (χ0n) is 13.1. The highest BCUT2D eigenvalue weighted by atomic mass is 19.1. The molecule has 0 spiro atoms. The monoisotopic (exact) mass is 334 g/mol. The maximum Gasteiger partial charge on any atom is 0.267 e. The SMILES string of the molecule is NC(=O)[C@H]1CC(C(=O)NC[C@@H]2CCCO2)=NN1c1ccc(F)cc1. The largest absolute Gasteiger partial charge is 0.376 e. The number of halogens is 1. The Labute approximate surface area is 138 Å². The minimum atomic E-state index is -0.765. The van der Waals surface area contributed by atoms with E-state index in [0.29, 0.717) is 18.8 Å². The Bertz CT molecular complexity index is 656. The third-order valence-corrected chi connectivity index (χ3v) is 4.11. The smallest absolute Gasteiger partial charge is 0.267 e. The second-order valence-electron chi connectivity index (χ2n) is 5.84. The van der Waals surface area contributed by atoms with E-state index in [9.17, 15) is 14.0 Å². The number of anilines is 1. The summed E-state index contributed by atoms with van der Waals surface area (Å²) in [6, 6.07) is 4.74. The first kappa shape index (κ1) is 16.4. The number of primary amides is 1. The van der Waals surface area contributed by atoms with Crippen LogP contribution >= 0.6 is 0 Å². The van der Waals surface area contributed by atoms with Gasteiger partial charge in [0.15, 0.2) is 0 Å². The molecule has 2 atom stereocenters. The van der Waals surface area contributed by atoms with Crippen LogP contribution in [0.2, 0.25) is 0 Å². The van der Waals surface area contributed by atoms with Gasteiger partial charge < -0.3 is 15.8 Å². The first-order valence-corrected chi connectivity index (χ1v) is 7.86. The van der Waals surface area contributed by atoms with E-state index in [4.69, 9.17) is 10.5 Å². The van der Waals surface area contributed by atoms with Gasteiger partial charge in [0.1, 0.15) is 17.6 Å². The van der Waals surface area contributed by atoms with Crippen molar-refractivity contribution in [2.75, 3.05) is 18.2 Å².